The number of carbonyl (C=O) groups is 1. The van der Waals surface area contributed by atoms with Crippen LogP contribution in [0, 0.1) is 94.7 Å². The summed E-state index contributed by atoms with van der Waals surface area (Å²) in [6.07, 6.45) is 18.0. The molecule has 16 bridgehead atoms. The van der Waals surface area contributed by atoms with Crippen molar-refractivity contribution in [1.29, 1.82) is 0 Å². The SMILES string of the molecule is C1C2CC3C4CC5CC(C14)C(C2)C3C5.C1C2CC3C4CC5CC(C14)C(C2)C3C5.O=C(O)O. The van der Waals surface area contributed by atoms with Crippen LogP contribution in [0.1, 0.15) is 77.0 Å². The average Bonchev–Trinajstić information content (AvgIpc) is 2.80. The van der Waals surface area contributed by atoms with Gasteiger partial charge in [0.25, 0.3) is 0 Å². The minimum atomic E-state index is -1.83. The molecule has 0 atom stereocenters. The van der Waals surface area contributed by atoms with E-state index < -0.39 is 6.16 Å². The molecule has 176 valence electrons. The zero-order valence-electron chi connectivity index (χ0n) is 19.5. The second-order valence-electron chi connectivity index (χ2n) is 14.5. The molecule has 14 saturated carbocycles. The van der Waals surface area contributed by atoms with Crippen molar-refractivity contribution < 1.29 is 15.0 Å². The van der Waals surface area contributed by atoms with E-state index in [1.807, 2.05) is 0 Å². The zero-order valence-corrected chi connectivity index (χ0v) is 19.5. The molecular formula is C29H42O3. The number of hydrogen-bond acceptors (Lipinski definition) is 1. The van der Waals surface area contributed by atoms with Gasteiger partial charge < -0.3 is 10.2 Å². The van der Waals surface area contributed by atoms with Crippen molar-refractivity contribution in [2.75, 3.05) is 0 Å². The molecule has 2 N–H and O–H groups in total. The van der Waals surface area contributed by atoms with Crippen molar-refractivity contribution in [3.8, 4) is 0 Å². The fraction of sp³-hybridized carbons (Fsp3) is 0.966. The lowest BCUT2D eigenvalue weighted by molar-refractivity contribution is -0.202. The van der Waals surface area contributed by atoms with Gasteiger partial charge in [0.1, 0.15) is 0 Å². The third-order valence-electron chi connectivity index (χ3n) is 13.9. The van der Waals surface area contributed by atoms with Gasteiger partial charge in [-0.15, -0.1) is 0 Å². The van der Waals surface area contributed by atoms with Crippen LogP contribution < -0.4 is 0 Å². The molecule has 3 heteroatoms. The number of carboxylic acid groups (broad SMARTS) is 2. The smallest absolute Gasteiger partial charge is 0.450 e. The van der Waals surface area contributed by atoms with Gasteiger partial charge >= 0.3 is 6.16 Å². The summed E-state index contributed by atoms with van der Waals surface area (Å²) in [5, 5.41) is 13.9. The molecule has 0 unspecified atom stereocenters. The van der Waals surface area contributed by atoms with Gasteiger partial charge in [-0.3, -0.25) is 0 Å². The van der Waals surface area contributed by atoms with Crippen molar-refractivity contribution in [2.45, 2.75) is 77.0 Å². The van der Waals surface area contributed by atoms with Gasteiger partial charge in [-0.05, 0) is 172 Å². The predicted molar refractivity (Wildman–Crippen MR) is 122 cm³/mol. The summed E-state index contributed by atoms with van der Waals surface area (Å²) in [5.74, 6) is 19.5. The molecule has 0 aromatic rings. The first-order valence-electron chi connectivity index (χ1n) is 14.4. The van der Waals surface area contributed by atoms with Crippen LogP contribution in [-0.2, 0) is 0 Å². The van der Waals surface area contributed by atoms with Crippen LogP contribution in [-0.4, -0.2) is 16.4 Å². The van der Waals surface area contributed by atoms with Crippen molar-refractivity contribution in [1.82, 2.24) is 0 Å². The van der Waals surface area contributed by atoms with E-state index in [9.17, 15) is 0 Å². The van der Waals surface area contributed by atoms with E-state index in [1.54, 1.807) is 77.0 Å². The average molecular weight is 439 g/mol. The third kappa shape index (κ3) is 2.58. The molecule has 14 rings (SSSR count). The first-order valence-corrected chi connectivity index (χ1v) is 14.4. The van der Waals surface area contributed by atoms with Gasteiger partial charge in [-0.1, -0.05) is 0 Å². The Morgan fingerprint density at radius 3 is 0.531 bits per heavy atom. The van der Waals surface area contributed by atoms with Crippen LogP contribution in [0.15, 0.2) is 0 Å². The molecule has 14 aliphatic rings. The molecule has 0 aliphatic heterocycles. The lowest BCUT2D eigenvalue weighted by Crippen LogP contribution is -2.62. The molecule has 14 aliphatic carbocycles. The standard InChI is InChI=1S/2C14H20.CH2O3/c2*1-7-2-12-10-4-8-5-11(9(1)10)13(3-7)14(12)6-8;2-1(3)4/h2*7-14H,1-6H2;(H2,2,3,4). The first kappa shape index (κ1) is 19.6. The van der Waals surface area contributed by atoms with Gasteiger partial charge in [0.2, 0.25) is 0 Å². The summed E-state index contributed by atoms with van der Waals surface area (Å²) in [6.45, 7) is 0. The van der Waals surface area contributed by atoms with Gasteiger partial charge in [-0.25, -0.2) is 4.79 Å². The molecule has 0 radical (unpaired) electrons. The van der Waals surface area contributed by atoms with E-state index in [1.165, 1.54) is 94.7 Å². The molecule has 0 heterocycles. The molecule has 0 aromatic carbocycles. The van der Waals surface area contributed by atoms with E-state index in [2.05, 4.69) is 0 Å². The third-order valence-corrected chi connectivity index (χ3v) is 13.9. The van der Waals surface area contributed by atoms with Crippen molar-refractivity contribution in [3.05, 3.63) is 0 Å². The molecule has 0 spiro atoms. The largest absolute Gasteiger partial charge is 0.503 e. The minimum Gasteiger partial charge on any atom is -0.450 e. The van der Waals surface area contributed by atoms with Crippen LogP contribution in [0.4, 0.5) is 4.79 Å². The predicted octanol–water partition coefficient (Wildman–Crippen LogP) is 6.87. The van der Waals surface area contributed by atoms with Gasteiger partial charge in [0.15, 0.2) is 0 Å². The van der Waals surface area contributed by atoms with Crippen molar-refractivity contribution in [3.63, 3.8) is 0 Å². The van der Waals surface area contributed by atoms with E-state index in [0.717, 1.165) is 0 Å². The molecule has 0 amide bonds. The van der Waals surface area contributed by atoms with Crippen molar-refractivity contribution in [2.24, 2.45) is 94.7 Å². The van der Waals surface area contributed by atoms with Crippen LogP contribution in [0.25, 0.3) is 0 Å². The molecular weight excluding hydrogens is 396 g/mol. The van der Waals surface area contributed by atoms with Crippen LogP contribution in [0.2, 0.25) is 0 Å². The number of hydrogen-bond donors (Lipinski definition) is 2. The van der Waals surface area contributed by atoms with E-state index >= 15 is 0 Å². The topological polar surface area (TPSA) is 57.5 Å². The van der Waals surface area contributed by atoms with Crippen LogP contribution in [0.5, 0.6) is 0 Å². The summed E-state index contributed by atoms with van der Waals surface area (Å²) < 4.78 is 0. The summed E-state index contributed by atoms with van der Waals surface area (Å²) in [7, 11) is 0. The summed E-state index contributed by atoms with van der Waals surface area (Å²) in [5.41, 5.74) is 0. The van der Waals surface area contributed by atoms with E-state index in [4.69, 9.17) is 15.0 Å². The second kappa shape index (κ2) is 6.69. The highest BCUT2D eigenvalue weighted by Crippen LogP contribution is 2.72. The molecule has 0 saturated heterocycles. The highest BCUT2D eigenvalue weighted by atomic mass is 16.6. The fourth-order valence-corrected chi connectivity index (χ4v) is 13.8. The van der Waals surface area contributed by atoms with Gasteiger partial charge in [-0.2, -0.15) is 0 Å². The maximum atomic E-state index is 8.56. The molecule has 3 nitrogen and oxygen atoms in total. The van der Waals surface area contributed by atoms with Gasteiger partial charge in [0, 0.05) is 0 Å². The Balaban J connectivity index is 0.0000000913. The maximum absolute atomic E-state index is 8.56. The Bertz CT molecular complexity index is 565. The Morgan fingerprint density at radius 1 is 0.344 bits per heavy atom. The van der Waals surface area contributed by atoms with Crippen LogP contribution in [0.3, 0.4) is 0 Å². The zero-order chi connectivity index (χ0) is 21.3. The van der Waals surface area contributed by atoms with E-state index in [-0.39, 0.29) is 0 Å². The van der Waals surface area contributed by atoms with Crippen LogP contribution >= 0.6 is 0 Å². The maximum Gasteiger partial charge on any atom is 0.503 e. The van der Waals surface area contributed by atoms with E-state index in [0.29, 0.717) is 0 Å². The van der Waals surface area contributed by atoms with Crippen molar-refractivity contribution >= 4 is 6.16 Å². The normalized spacial score (nSPS) is 63.8. The Morgan fingerprint density at radius 2 is 0.438 bits per heavy atom. The molecule has 32 heavy (non-hydrogen) atoms. The summed E-state index contributed by atoms with van der Waals surface area (Å²) >= 11 is 0. The monoisotopic (exact) mass is 438 g/mol. The molecule has 0 aromatic heterocycles. The number of rotatable bonds is 0. The lowest BCUT2D eigenvalue weighted by Gasteiger charge is -2.69. The molecule has 14 fully saturated rings. The summed E-state index contributed by atoms with van der Waals surface area (Å²) in [6, 6.07) is 0. The Hall–Kier alpha value is -0.730. The second-order valence-corrected chi connectivity index (χ2v) is 14.5. The first-order chi connectivity index (χ1) is 15.5. The fourth-order valence-electron chi connectivity index (χ4n) is 13.8. The Labute approximate surface area is 193 Å². The lowest BCUT2D eigenvalue weighted by atomic mass is 9.36. The highest BCUT2D eigenvalue weighted by molar-refractivity contribution is 5.53. The summed E-state index contributed by atoms with van der Waals surface area (Å²) in [4.78, 5) is 8.56. The quantitative estimate of drug-likeness (QED) is 0.434. The highest BCUT2D eigenvalue weighted by Gasteiger charge is 2.64. The minimum absolute atomic E-state index is 1.19. The Kier molecular flexibility index (Phi) is 4.09. The van der Waals surface area contributed by atoms with Gasteiger partial charge in [0.05, 0.1) is 0 Å².